The highest BCUT2D eigenvalue weighted by Gasteiger charge is 2.54. The van der Waals surface area contributed by atoms with Crippen LogP contribution < -0.4 is 0 Å². The molecule has 4 N–H and O–H groups in total. The van der Waals surface area contributed by atoms with E-state index in [1.54, 1.807) is 27.7 Å². The van der Waals surface area contributed by atoms with Gasteiger partial charge in [-0.05, 0) is 111 Å². The minimum Gasteiger partial charge on any atom is -0.385 e. The highest BCUT2D eigenvalue weighted by Crippen LogP contribution is 2.50. The van der Waals surface area contributed by atoms with Crippen molar-refractivity contribution in [2.45, 2.75) is 88.6 Å². The Kier molecular flexibility index (Phi) is 8.15. The third kappa shape index (κ3) is 6.20. The van der Waals surface area contributed by atoms with Gasteiger partial charge in [0.15, 0.2) is 0 Å². The molecule has 4 atom stereocenters. The molecule has 8 heteroatoms. The normalized spacial score (nSPS) is 36.2. The van der Waals surface area contributed by atoms with Gasteiger partial charge in [0, 0.05) is 37.5 Å². The van der Waals surface area contributed by atoms with Gasteiger partial charge in [-0.3, -0.25) is 0 Å². The van der Waals surface area contributed by atoms with Crippen LogP contribution in [0, 0.1) is 11.8 Å². The van der Waals surface area contributed by atoms with E-state index in [0.29, 0.717) is 22.3 Å². The lowest BCUT2D eigenvalue weighted by molar-refractivity contribution is -0.112. The van der Waals surface area contributed by atoms with Gasteiger partial charge in [-0.15, -0.1) is 0 Å². The summed E-state index contributed by atoms with van der Waals surface area (Å²) in [6, 6.07) is 0. The first kappa shape index (κ1) is 30.4. The Morgan fingerprint density at radius 1 is 0.500 bits per heavy atom. The van der Waals surface area contributed by atoms with Gasteiger partial charge in [-0.2, -0.15) is 0 Å². The van der Waals surface area contributed by atoms with E-state index in [0.717, 1.165) is 0 Å². The number of halogens is 4. The summed E-state index contributed by atoms with van der Waals surface area (Å²) >= 11 is 0. The Morgan fingerprint density at radius 2 is 0.700 bits per heavy atom. The Morgan fingerprint density at radius 3 is 0.875 bits per heavy atom. The third-order valence-electron chi connectivity index (χ3n) is 8.41. The molecule has 0 spiro atoms. The summed E-state index contributed by atoms with van der Waals surface area (Å²) in [7, 11) is 0. The Hall–Kier alpha value is -2.52. The van der Waals surface area contributed by atoms with Gasteiger partial charge < -0.3 is 20.4 Å². The molecule has 0 radical (unpaired) electrons. The van der Waals surface area contributed by atoms with Crippen LogP contribution in [0.3, 0.4) is 0 Å². The molecule has 40 heavy (non-hydrogen) atoms. The molecule has 0 aromatic rings. The largest absolute Gasteiger partial charge is 0.385 e. The average molecular weight is 563 g/mol. The molecule has 4 rings (SSSR count). The van der Waals surface area contributed by atoms with Crippen LogP contribution in [-0.2, 0) is 0 Å². The van der Waals surface area contributed by atoms with Crippen LogP contribution in [0.15, 0.2) is 94.2 Å². The molecule has 0 aromatic heterocycles. The van der Waals surface area contributed by atoms with Crippen molar-refractivity contribution in [3.63, 3.8) is 0 Å². The zero-order valence-corrected chi connectivity index (χ0v) is 23.3. The van der Waals surface area contributed by atoms with Crippen LogP contribution in [0.2, 0.25) is 0 Å². The zero-order chi connectivity index (χ0) is 29.7. The van der Waals surface area contributed by atoms with Crippen molar-refractivity contribution in [1.29, 1.82) is 0 Å². The monoisotopic (exact) mass is 562 g/mol. The molecule has 0 fully saturated rings. The molecule has 0 amide bonds. The summed E-state index contributed by atoms with van der Waals surface area (Å²) in [4.78, 5) is 0. The summed E-state index contributed by atoms with van der Waals surface area (Å²) in [5, 5.41) is 47.3. The first-order valence-corrected chi connectivity index (χ1v) is 13.6. The van der Waals surface area contributed by atoms with Gasteiger partial charge in [0.1, 0.15) is 23.3 Å². The Bertz CT molecular complexity index is 1120. The van der Waals surface area contributed by atoms with Crippen LogP contribution in [0.1, 0.15) is 66.2 Å². The maximum Gasteiger partial charge on any atom is 0.103 e. The van der Waals surface area contributed by atoms with Crippen LogP contribution in [0.4, 0.5) is 17.6 Å². The molecule has 0 saturated heterocycles. The summed E-state index contributed by atoms with van der Waals surface area (Å²) < 4.78 is 58.8. The fourth-order valence-corrected chi connectivity index (χ4v) is 7.32. The second-order valence-corrected chi connectivity index (χ2v) is 12.3. The van der Waals surface area contributed by atoms with E-state index in [4.69, 9.17) is 0 Å². The van der Waals surface area contributed by atoms with Crippen molar-refractivity contribution >= 4 is 0 Å². The SMILES string of the molecule is CC1=CC(O)(C(CCC(C2(O)C=C(C)C=C(F)C2)C2(O)C=C(C)C=C(F)C2)C2(O)C=C(C)C=C(F)C2)CC(F)=C1. The standard InChI is InChI=1S/C32H38F4O4/c1-19-7-23(33)15-29(37,11-19)27(30(38)12-20(2)8-24(34)16-30)5-6-28(31(39)13-21(3)9-25(35)17-31)32(40)14-22(4)10-26(36)18-32/h7-14,27-28,37-40H,5-6,15-18H2,1-4H3. The molecule has 0 saturated carbocycles. The third-order valence-corrected chi connectivity index (χ3v) is 8.41. The predicted octanol–water partition coefficient (Wildman–Crippen LogP) is 6.74. The van der Waals surface area contributed by atoms with Crippen LogP contribution >= 0.6 is 0 Å². The quantitative estimate of drug-likeness (QED) is 0.259. The molecule has 4 unspecified atom stereocenters. The minimum absolute atomic E-state index is 0.146. The van der Waals surface area contributed by atoms with E-state index in [1.165, 1.54) is 48.6 Å². The van der Waals surface area contributed by atoms with E-state index in [-0.39, 0.29) is 12.8 Å². The molecule has 0 aromatic carbocycles. The van der Waals surface area contributed by atoms with Crippen LogP contribution in [-0.4, -0.2) is 42.8 Å². The summed E-state index contributed by atoms with van der Waals surface area (Å²) in [5.74, 6) is -4.88. The molecule has 0 bridgehead atoms. The fraction of sp³-hybridized carbons (Fsp3) is 0.500. The van der Waals surface area contributed by atoms with Crippen LogP contribution in [0.5, 0.6) is 0 Å². The Labute approximate surface area is 232 Å². The maximum atomic E-state index is 14.7. The van der Waals surface area contributed by atoms with Gasteiger partial charge in [0.05, 0.1) is 22.4 Å². The van der Waals surface area contributed by atoms with E-state index < -0.39 is 83.2 Å². The topological polar surface area (TPSA) is 80.9 Å². The number of allylic oxidation sites excluding steroid dienone is 8. The molecule has 0 heterocycles. The summed E-state index contributed by atoms with van der Waals surface area (Å²) in [6.45, 7) is 6.38. The lowest BCUT2D eigenvalue weighted by atomic mass is 9.62. The van der Waals surface area contributed by atoms with Crippen molar-refractivity contribution in [3.8, 4) is 0 Å². The second kappa shape index (κ2) is 10.7. The Balaban J connectivity index is 1.80. The fourth-order valence-electron chi connectivity index (χ4n) is 7.32. The maximum absolute atomic E-state index is 14.7. The number of aliphatic hydroxyl groups is 4. The average Bonchev–Trinajstić information content (AvgIpc) is 2.72. The van der Waals surface area contributed by atoms with Gasteiger partial charge in [-0.25, -0.2) is 17.6 Å². The smallest absolute Gasteiger partial charge is 0.103 e. The molecule has 4 aliphatic carbocycles. The molecule has 4 aliphatic rings. The number of hydrogen-bond donors (Lipinski definition) is 4. The van der Waals surface area contributed by atoms with Crippen molar-refractivity contribution in [1.82, 2.24) is 0 Å². The van der Waals surface area contributed by atoms with Gasteiger partial charge in [-0.1, -0.05) is 0 Å². The lowest BCUT2D eigenvalue weighted by Gasteiger charge is -2.49. The molecular weight excluding hydrogens is 524 g/mol. The summed E-state index contributed by atoms with van der Waals surface area (Å²) in [5.41, 5.74) is -6.14. The van der Waals surface area contributed by atoms with Crippen LogP contribution in [0.25, 0.3) is 0 Å². The van der Waals surface area contributed by atoms with Gasteiger partial charge >= 0.3 is 0 Å². The molecule has 0 aliphatic heterocycles. The van der Waals surface area contributed by atoms with E-state index in [9.17, 15) is 38.0 Å². The molecule has 218 valence electrons. The number of hydrogen-bond acceptors (Lipinski definition) is 4. The van der Waals surface area contributed by atoms with E-state index in [2.05, 4.69) is 0 Å². The van der Waals surface area contributed by atoms with Gasteiger partial charge in [0.2, 0.25) is 0 Å². The van der Waals surface area contributed by atoms with Gasteiger partial charge in [0.25, 0.3) is 0 Å². The van der Waals surface area contributed by atoms with Crippen molar-refractivity contribution in [2.75, 3.05) is 0 Å². The van der Waals surface area contributed by atoms with E-state index >= 15 is 0 Å². The minimum atomic E-state index is -1.95. The zero-order valence-electron chi connectivity index (χ0n) is 23.3. The predicted molar refractivity (Wildman–Crippen MR) is 146 cm³/mol. The van der Waals surface area contributed by atoms with Crippen molar-refractivity contribution < 1.29 is 38.0 Å². The number of rotatable bonds is 7. The molecular formula is C32H38F4O4. The van der Waals surface area contributed by atoms with Crippen molar-refractivity contribution in [2.24, 2.45) is 11.8 Å². The van der Waals surface area contributed by atoms with Crippen molar-refractivity contribution in [3.05, 3.63) is 94.2 Å². The second-order valence-electron chi connectivity index (χ2n) is 12.3. The molecule has 4 nitrogen and oxygen atoms in total. The lowest BCUT2D eigenvalue weighted by Crippen LogP contribution is -2.55. The highest BCUT2D eigenvalue weighted by molar-refractivity contribution is 5.38. The first-order valence-electron chi connectivity index (χ1n) is 13.6. The highest BCUT2D eigenvalue weighted by atomic mass is 19.1. The first-order chi connectivity index (χ1) is 18.5. The van der Waals surface area contributed by atoms with E-state index in [1.807, 2.05) is 0 Å². The summed E-state index contributed by atoms with van der Waals surface area (Å²) in [6.07, 6.45) is 8.60.